The molecular formula is C21H23ClN2O2S. The lowest BCUT2D eigenvalue weighted by Crippen LogP contribution is -2.48. The van der Waals surface area contributed by atoms with Crippen LogP contribution in [0.4, 0.5) is 5.69 Å². The van der Waals surface area contributed by atoms with Crippen molar-refractivity contribution in [1.82, 2.24) is 4.90 Å². The largest absolute Gasteiger partial charge is 0.367 e. The van der Waals surface area contributed by atoms with Gasteiger partial charge in [0.1, 0.15) is 0 Å². The van der Waals surface area contributed by atoms with Crippen molar-refractivity contribution >= 4 is 40.7 Å². The molecule has 0 atom stereocenters. The third-order valence-corrected chi connectivity index (χ3v) is 5.87. The minimum absolute atomic E-state index is 0.0192. The van der Waals surface area contributed by atoms with E-state index in [1.807, 2.05) is 59.7 Å². The lowest BCUT2D eigenvalue weighted by molar-refractivity contribution is -0.131. The minimum Gasteiger partial charge on any atom is -0.367 e. The normalized spacial score (nSPS) is 14.3. The van der Waals surface area contributed by atoms with Crippen molar-refractivity contribution in [2.24, 2.45) is 0 Å². The minimum atomic E-state index is 0.0192. The Morgan fingerprint density at radius 1 is 0.963 bits per heavy atom. The molecule has 1 aliphatic heterocycles. The first-order valence-electron chi connectivity index (χ1n) is 9.03. The summed E-state index contributed by atoms with van der Waals surface area (Å²) in [6, 6.07) is 15.3. The molecule has 6 heteroatoms. The maximum Gasteiger partial charge on any atom is 0.223 e. The van der Waals surface area contributed by atoms with Gasteiger partial charge in [0.05, 0.1) is 10.7 Å². The van der Waals surface area contributed by atoms with Crippen LogP contribution in [0.2, 0.25) is 5.02 Å². The van der Waals surface area contributed by atoms with Crippen LogP contribution in [-0.2, 0) is 4.79 Å². The summed E-state index contributed by atoms with van der Waals surface area (Å²) in [5.41, 5.74) is 1.68. The predicted molar refractivity (Wildman–Crippen MR) is 112 cm³/mol. The molecule has 4 nitrogen and oxygen atoms in total. The fourth-order valence-corrected chi connectivity index (χ4v) is 3.87. The second kappa shape index (κ2) is 9.29. The number of ketones is 1. The highest BCUT2D eigenvalue weighted by atomic mass is 35.5. The van der Waals surface area contributed by atoms with Gasteiger partial charge in [0.25, 0.3) is 0 Å². The van der Waals surface area contributed by atoms with Gasteiger partial charge in [0, 0.05) is 49.5 Å². The van der Waals surface area contributed by atoms with Gasteiger partial charge < -0.3 is 9.80 Å². The molecule has 0 N–H and O–H groups in total. The molecule has 2 aromatic carbocycles. The number of hydrogen-bond acceptors (Lipinski definition) is 4. The number of halogens is 1. The van der Waals surface area contributed by atoms with E-state index in [-0.39, 0.29) is 24.5 Å². The molecule has 0 aliphatic carbocycles. The van der Waals surface area contributed by atoms with Gasteiger partial charge in [-0.3, -0.25) is 9.59 Å². The topological polar surface area (TPSA) is 40.6 Å². The number of amides is 1. The van der Waals surface area contributed by atoms with E-state index in [2.05, 4.69) is 4.90 Å². The van der Waals surface area contributed by atoms with Gasteiger partial charge in [-0.25, -0.2) is 0 Å². The SMILES string of the molecule is CSc1ccc(C(=O)CCC(=O)N2CCN(c3ccccc3Cl)CC2)cc1. The molecule has 3 rings (SSSR count). The Balaban J connectivity index is 1.48. The van der Waals surface area contributed by atoms with Gasteiger partial charge in [-0.1, -0.05) is 35.9 Å². The third-order valence-electron chi connectivity index (χ3n) is 4.80. The van der Waals surface area contributed by atoms with Crippen LogP contribution in [0.25, 0.3) is 0 Å². The van der Waals surface area contributed by atoms with Gasteiger partial charge >= 0.3 is 0 Å². The molecule has 1 heterocycles. The van der Waals surface area contributed by atoms with Gasteiger partial charge in [0.2, 0.25) is 5.91 Å². The highest BCUT2D eigenvalue weighted by Gasteiger charge is 2.22. The van der Waals surface area contributed by atoms with Crippen molar-refractivity contribution < 1.29 is 9.59 Å². The zero-order chi connectivity index (χ0) is 19.2. The van der Waals surface area contributed by atoms with E-state index in [0.717, 1.165) is 28.7 Å². The Morgan fingerprint density at radius 3 is 2.26 bits per heavy atom. The standard InChI is InChI=1S/C21H23ClN2O2S/c1-27-17-8-6-16(7-9-17)20(25)10-11-21(26)24-14-12-23(13-15-24)19-5-3-2-4-18(19)22/h2-9H,10-15H2,1H3. The van der Waals surface area contributed by atoms with Crippen LogP contribution in [-0.4, -0.2) is 49.0 Å². The smallest absolute Gasteiger partial charge is 0.223 e. The van der Waals surface area contributed by atoms with Crippen LogP contribution in [0, 0.1) is 0 Å². The number of carbonyl (C=O) groups is 2. The van der Waals surface area contributed by atoms with E-state index in [1.165, 1.54) is 0 Å². The van der Waals surface area contributed by atoms with Crippen LogP contribution >= 0.6 is 23.4 Å². The molecule has 0 aromatic heterocycles. The van der Waals surface area contributed by atoms with E-state index in [1.54, 1.807) is 11.8 Å². The maximum absolute atomic E-state index is 12.5. The van der Waals surface area contributed by atoms with Crippen molar-refractivity contribution in [2.45, 2.75) is 17.7 Å². The van der Waals surface area contributed by atoms with Crippen molar-refractivity contribution in [3.63, 3.8) is 0 Å². The average molecular weight is 403 g/mol. The van der Waals surface area contributed by atoms with Gasteiger partial charge in [-0.2, -0.15) is 0 Å². The van der Waals surface area contributed by atoms with E-state index in [0.29, 0.717) is 18.7 Å². The number of benzene rings is 2. The summed E-state index contributed by atoms with van der Waals surface area (Å²) in [4.78, 5) is 29.9. The number of piperazine rings is 1. The zero-order valence-electron chi connectivity index (χ0n) is 15.4. The third kappa shape index (κ3) is 5.05. The zero-order valence-corrected chi connectivity index (χ0v) is 16.9. The number of rotatable bonds is 6. The number of Topliss-reactive ketones (excluding diaryl/α,β-unsaturated/α-hetero) is 1. The van der Waals surface area contributed by atoms with Crippen LogP contribution < -0.4 is 4.90 Å². The molecule has 27 heavy (non-hydrogen) atoms. The number of anilines is 1. The van der Waals surface area contributed by atoms with Gasteiger partial charge in [-0.15, -0.1) is 11.8 Å². The number of nitrogens with zero attached hydrogens (tertiary/aromatic N) is 2. The summed E-state index contributed by atoms with van der Waals surface area (Å²) in [5, 5.41) is 0.732. The monoisotopic (exact) mass is 402 g/mol. The molecular weight excluding hydrogens is 380 g/mol. The van der Waals surface area contributed by atoms with Gasteiger partial charge in [0.15, 0.2) is 5.78 Å². The number of thioether (sulfide) groups is 1. The molecule has 0 radical (unpaired) electrons. The first-order valence-corrected chi connectivity index (χ1v) is 10.6. The Morgan fingerprint density at radius 2 is 1.63 bits per heavy atom. The van der Waals surface area contributed by atoms with Gasteiger partial charge in [-0.05, 0) is 30.5 Å². The fourth-order valence-electron chi connectivity index (χ4n) is 3.20. The van der Waals surface area contributed by atoms with Crippen LogP contribution in [0.5, 0.6) is 0 Å². The van der Waals surface area contributed by atoms with Crippen LogP contribution in [0.1, 0.15) is 23.2 Å². The molecule has 0 bridgehead atoms. The van der Waals surface area contributed by atoms with Crippen LogP contribution in [0.15, 0.2) is 53.4 Å². The first-order chi connectivity index (χ1) is 13.1. The Kier molecular flexibility index (Phi) is 6.80. The summed E-state index contributed by atoms with van der Waals surface area (Å²) < 4.78 is 0. The summed E-state index contributed by atoms with van der Waals surface area (Å²) in [6.45, 7) is 2.81. The van der Waals surface area contributed by atoms with Crippen LogP contribution in [0.3, 0.4) is 0 Å². The second-order valence-corrected chi connectivity index (χ2v) is 7.76. The number of carbonyl (C=O) groups excluding carboxylic acids is 2. The van der Waals surface area contributed by atoms with E-state index >= 15 is 0 Å². The molecule has 1 aliphatic rings. The van der Waals surface area contributed by atoms with E-state index in [4.69, 9.17) is 11.6 Å². The molecule has 1 amide bonds. The Hall–Kier alpha value is -1.98. The quantitative estimate of drug-likeness (QED) is 0.531. The maximum atomic E-state index is 12.5. The highest BCUT2D eigenvalue weighted by molar-refractivity contribution is 7.98. The summed E-state index contributed by atoms with van der Waals surface area (Å²) in [6.07, 6.45) is 2.51. The van der Waals surface area contributed by atoms with Crippen molar-refractivity contribution in [3.05, 3.63) is 59.1 Å². The Labute approximate surface area is 169 Å². The first kappa shape index (κ1) is 19.8. The lowest BCUT2D eigenvalue weighted by Gasteiger charge is -2.36. The highest BCUT2D eigenvalue weighted by Crippen LogP contribution is 2.26. The average Bonchev–Trinajstić information content (AvgIpc) is 2.72. The fraction of sp³-hybridized carbons (Fsp3) is 0.333. The summed E-state index contributed by atoms with van der Waals surface area (Å²) in [5.74, 6) is 0.0635. The van der Waals surface area contributed by atoms with E-state index in [9.17, 15) is 9.59 Å². The summed E-state index contributed by atoms with van der Waals surface area (Å²) in [7, 11) is 0. The van der Waals surface area contributed by atoms with Crippen molar-refractivity contribution in [3.8, 4) is 0 Å². The predicted octanol–water partition coefficient (Wildman–Crippen LogP) is 4.37. The molecule has 1 saturated heterocycles. The number of para-hydroxylation sites is 1. The Bertz CT molecular complexity index is 802. The molecule has 2 aromatic rings. The summed E-state index contributed by atoms with van der Waals surface area (Å²) >= 11 is 7.90. The van der Waals surface area contributed by atoms with E-state index < -0.39 is 0 Å². The second-order valence-electron chi connectivity index (χ2n) is 6.47. The molecule has 142 valence electrons. The number of hydrogen-bond donors (Lipinski definition) is 0. The lowest BCUT2D eigenvalue weighted by atomic mass is 10.1. The van der Waals surface area contributed by atoms with Crippen molar-refractivity contribution in [2.75, 3.05) is 37.3 Å². The molecule has 1 fully saturated rings. The molecule has 0 saturated carbocycles. The molecule has 0 unspecified atom stereocenters. The molecule has 0 spiro atoms. The van der Waals surface area contributed by atoms with Crippen molar-refractivity contribution in [1.29, 1.82) is 0 Å².